The lowest BCUT2D eigenvalue weighted by molar-refractivity contribution is -0.243. The Hall–Kier alpha value is -2.88. The predicted octanol–water partition coefficient (Wildman–Crippen LogP) is 15.2. The molecule has 9 heteroatoms. The molecule has 5 atom stereocenters. The van der Waals surface area contributed by atoms with Gasteiger partial charge in [-0.15, -0.1) is 0 Å². The van der Waals surface area contributed by atoms with Gasteiger partial charge in [-0.3, -0.25) is 14.4 Å². The fraction of sp³-hybridized carbons (Fsp3) is 0.727. The molecule has 1 heterocycles. The number of esters is 3. The molecule has 3 rings (SSSR count). The normalized spacial score (nSPS) is 18.5. The quantitative estimate of drug-likeness (QED) is 0.0369. The maximum absolute atomic E-state index is 13.9. The van der Waals surface area contributed by atoms with Crippen LogP contribution in [0.4, 0.5) is 0 Å². The molecule has 0 aromatic heterocycles. The number of unbranched alkanes of at least 4 members (excludes halogenated alkanes) is 24. The number of benzene rings is 2. The van der Waals surface area contributed by atoms with E-state index in [1.165, 1.54) is 127 Å². The van der Waals surface area contributed by atoms with Crippen molar-refractivity contribution in [2.24, 2.45) is 0 Å². The molecule has 0 aliphatic carbocycles. The van der Waals surface area contributed by atoms with Crippen LogP contribution in [0.15, 0.2) is 65.6 Å². The minimum Gasteiger partial charge on any atom is -0.463 e. The van der Waals surface area contributed by atoms with E-state index < -0.39 is 29.9 Å². The van der Waals surface area contributed by atoms with Crippen molar-refractivity contribution < 1.29 is 38.1 Å². The van der Waals surface area contributed by atoms with E-state index in [1.54, 1.807) is 0 Å². The molecule has 1 saturated heterocycles. The second-order valence-corrected chi connectivity index (χ2v) is 19.2. The molecule has 0 amide bonds. The molecule has 2 aromatic rings. The van der Waals surface area contributed by atoms with E-state index in [9.17, 15) is 14.4 Å². The van der Waals surface area contributed by atoms with Crippen LogP contribution in [0.5, 0.6) is 0 Å². The van der Waals surface area contributed by atoms with Gasteiger partial charge in [-0.1, -0.05) is 235 Å². The number of thioether (sulfide) groups is 1. The third kappa shape index (κ3) is 25.7. The highest BCUT2D eigenvalue weighted by atomic mass is 32.2. The third-order valence-corrected chi connectivity index (χ3v) is 13.4. The van der Waals surface area contributed by atoms with Crippen molar-refractivity contribution >= 4 is 29.7 Å². The first-order valence-corrected chi connectivity index (χ1v) is 26.9. The first kappa shape index (κ1) is 55.4. The Morgan fingerprint density at radius 1 is 0.469 bits per heavy atom. The van der Waals surface area contributed by atoms with Crippen molar-refractivity contribution in [3.05, 3.63) is 66.2 Å². The molecular formula is C55H88O8S. The molecule has 1 fully saturated rings. The Bertz CT molecular complexity index is 1440. The summed E-state index contributed by atoms with van der Waals surface area (Å²) in [6.45, 7) is 6.82. The Labute approximate surface area is 393 Å². The number of carbonyl (C=O) groups is 3. The summed E-state index contributed by atoms with van der Waals surface area (Å²) in [5.41, 5.74) is 0.294. The van der Waals surface area contributed by atoms with Crippen LogP contribution in [0.25, 0.3) is 0 Å². The molecule has 362 valence electrons. The summed E-state index contributed by atoms with van der Waals surface area (Å²) < 4.78 is 32.2. The van der Waals surface area contributed by atoms with Crippen molar-refractivity contribution in [1.82, 2.24) is 0 Å². The van der Waals surface area contributed by atoms with Gasteiger partial charge in [0.1, 0.15) is 24.3 Å². The summed E-state index contributed by atoms with van der Waals surface area (Å²) in [7, 11) is 0. The van der Waals surface area contributed by atoms with E-state index in [-0.39, 0.29) is 44.0 Å². The Balaban J connectivity index is 1.78. The third-order valence-electron chi connectivity index (χ3n) is 12.3. The molecule has 0 bridgehead atoms. The van der Waals surface area contributed by atoms with Crippen LogP contribution in [-0.2, 0) is 44.7 Å². The SMILES string of the molecule is CCCCCCCCCCCC(=O)OC[C@H]1O[C@@H](Sc2ccccc2)[C@H](OCc2ccccc2)[C@@H](OC(=O)CCCCCCCCCCC)[C@H]1OC(=O)CCCCCCCCCCC. The Morgan fingerprint density at radius 2 is 0.859 bits per heavy atom. The van der Waals surface area contributed by atoms with Crippen molar-refractivity contribution in [2.75, 3.05) is 6.61 Å². The number of hydrogen-bond acceptors (Lipinski definition) is 9. The van der Waals surface area contributed by atoms with Crippen LogP contribution >= 0.6 is 11.8 Å². The van der Waals surface area contributed by atoms with E-state index in [1.807, 2.05) is 60.7 Å². The van der Waals surface area contributed by atoms with E-state index in [2.05, 4.69) is 20.8 Å². The molecule has 0 N–H and O–H groups in total. The van der Waals surface area contributed by atoms with Crippen molar-refractivity contribution in [2.45, 2.75) is 255 Å². The lowest BCUT2D eigenvalue weighted by atomic mass is 9.98. The largest absolute Gasteiger partial charge is 0.463 e. The van der Waals surface area contributed by atoms with E-state index in [0.29, 0.717) is 12.8 Å². The molecular weight excluding hydrogens is 821 g/mol. The summed E-state index contributed by atoms with van der Waals surface area (Å²) in [6, 6.07) is 19.8. The lowest BCUT2D eigenvalue weighted by Gasteiger charge is -2.45. The highest BCUT2D eigenvalue weighted by Crippen LogP contribution is 2.38. The van der Waals surface area contributed by atoms with Crippen LogP contribution in [0.2, 0.25) is 0 Å². The highest BCUT2D eigenvalue weighted by Gasteiger charge is 2.51. The second kappa shape index (κ2) is 37.2. The maximum atomic E-state index is 13.9. The van der Waals surface area contributed by atoms with Crippen LogP contribution < -0.4 is 0 Å². The van der Waals surface area contributed by atoms with Crippen LogP contribution in [-0.4, -0.2) is 54.4 Å². The fourth-order valence-corrected chi connectivity index (χ4v) is 9.52. The Morgan fingerprint density at radius 3 is 1.31 bits per heavy atom. The summed E-state index contributed by atoms with van der Waals surface area (Å²) >= 11 is 1.47. The maximum Gasteiger partial charge on any atom is 0.306 e. The smallest absolute Gasteiger partial charge is 0.306 e. The second-order valence-electron chi connectivity index (χ2n) is 18.1. The average Bonchev–Trinajstić information content (AvgIpc) is 3.30. The topological polar surface area (TPSA) is 97.4 Å². The number of hydrogen-bond donors (Lipinski definition) is 0. The molecule has 1 aliphatic rings. The zero-order valence-corrected chi connectivity index (χ0v) is 41.3. The number of carbonyl (C=O) groups excluding carboxylic acids is 3. The zero-order valence-electron chi connectivity index (χ0n) is 40.5. The molecule has 8 nitrogen and oxygen atoms in total. The summed E-state index contributed by atoms with van der Waals surface area (Å²) in [5.74, 6) is -1.04. The van der Waals surface area contributed by atoms with Crippen LogP contribution in [0, 0.1) is 0 Å². The molecule has 0 unspecified atom stereocenters. The molecule has 0 spiro atoms. The number of ether oxygens (including phenoxy) is 5. The Kier molecular flexibility index (Phi) is 32.3. The van der Waals surface area contributed by atoms with Crippen molar-refractivity contribution in [1.29, 1.82) is 0 Å². The minimum atomic E-state index is -1.04. The zero-order chi connectivity index (χ0) is 45.7. The fourth-order valence-electron chi connectivity index (χ4n) is 8.37. The summed E-state index contributed by atoms with van der Waals surface area (Å²) in [4.78, 5) is 41.8. The monoisotopic (exact) mass is 909 g/mol. The van der Waals surface area contributed by atoms with Gasteiger partial charge in [-0.2, -0.15) is 0 Å². The van der Waals surface area contributed by atoms with Gasteiger partial charge in [-0.05, 0) is 37.0 Å². The van der Waals surface area contributed by atoms with Gasteiger partial charge in [0.05, 0.1) is 6.61 Å². The highest BCUT2D eigenvalue weighted by molar-refractivity contribution is 7.99. The van der Waals surface area contributed by atoms with E-state index >= 15 is 0 Å². The van der Waals surface area contributed by atoms with Gasteiger partial charge < -0.3 is 23.7 Å². The standard InChI is InChI=1S/C55H88O8S/c1-4-7-10-13-16-19-22-25-34-41-49(56)59-45-48-52(62-50(57)42-35-26-23-20-17-14-11-8-5-2)53(63-51(58)43-36-27-24-21-18-15-12-9-6-3)54(60-44-46-37-30-28-31-38-46)55(61-48)64-47-39-32-29-33-40-47/h28-33,37-40,48,52-55H,4-27,34-36,41-45H2,1-3H3/t48-,52+,53+,54-,55+/m1/s1. The average molecular weight is 909 g/mol. The van der Waals surface area contributed by atoms with Gasteiger partial charge in [0.2, 0.25) is 0 Å². The summed E-state index contributed by atoms with van der Waals surface area (Å²) in [6.07, 6.45) is 28.0. The first-order chi connectivity index (χ1) is 31.4. The van der Waals surface area contributed by atoms with E-state index in [4.69, 9.17) is 23.7 Å². The minimum absolute atomic E-state index is 0.129. The van der Waals surface area contributed by atoms with Crippen LogP contribution in [0.1, 0.15) is 219 Å². The van der Waals surface area contributed by atoms with Gasteiger partial charge in [0.25, 0.3) is 0 Å². The summed E-state index contributed by atoms with van der Waals surface area (Å²) in [5, 5.41) is 0. The van der Waals surface area contributed by atoms with Gasteiger partial charge in [0.15, 0.2) is 12.2 Å². The first-order valence-electron chi connectivity index (χ1n) is 26.0. The van der Waals surface area contributed by atoms with Gasteiger partial charge >= 0.3 is 17.9 Å². The van der Waals surface area contributed by atoms with E-state index in [0.717, 1.165) is 61.8 Å². The molecule has 0 saturated carbocycles. The van der Waals surface area contributed by atoms with Crippen LogP contribution in [0.3, 0.4) is 0 Å². The molecule has 2 aromatic carbocycles. The predicted molar refractivity (Wildman–Crippen MR) is 262 cm³/mol. The number of rotatable bonds is 39. The van der Waals surface area contributed by atoms with Gasteiger partial charge in [-0.25, -0.2) is 0 Å². The molecule has 64 heavy (non-hydrogen) atoms. The van der Waals surface area contributed by atoms with Crippen molar-refractivity contribution in [3.63, 3.8) is 0 Å². The molecule has 0 radical (unpaired) electrons. The molecule has 1 aliphatic heterocycles. The van der Waals surface area contributed by atoms with Gasteiger partial charge in [0, 0.05) is 24.2 Å². The lowest BCUT2D eigenvalue weighted by Crippen LogP contribution is -2.61. The van der Waals surface area contributed by atoms with Crippen molar-refractivity contribution in [3.8, 4) is 0 Å².